The molecule has 1 aromatic carbocycles. The number of benzene rings is 1. The molecule has 0 aliphatic carbocycles. The molecule has 0 spiro atoms. The van der Waals surface area contributed by atoms with Gasteiger partial charge in [-0.1, -0.05) is 19.4 Å². The molecule has 0 radical (unpaired) electrons. The van der Waals surface area contributed by atoms with Crippen molar-refractivity contribution in [2.45, 2.75) is 32.2 Å². The molecular weight excluding hydrogens is 267 g/mol. The molecule has 3 nitrogen and oxygen atoms in total. The minimum Gasteiger partial charge on any atom is -0.350 e. The van der Waals surface area contributed by atoms with Crippen LogP contribution in [0, 0.1) is 17.7 Å². The summed E-state index contributed by atoms with van der Waals surface area (Å²) in [5.41, 5.74) is 0.400. The van der Waals surface area contributed by atoms with E-state index in [9.17, 15) is 9.18 Å². The largest absolute Gasteiger partial charge is 0.350 e. The quantitative estimate of drug-likeness (QED) is 0.924. The number of halogens is 1. The summed E-state index contributed by atoms with van der Waals surface area (Å²) >= 11 is 0. The van der Waals surface area contributed by atoms with E-state index in [1.165, 1.54) is 37.9 Å². The summed E-state index contributed by atoms with van der Waals surface area (Å²) in [5.74, 6) is 1.10. The number of nitrogens with one attached hydrogen (secondary N) is 1. The zero-order valence-corrected chi connectivity index (χ0v) is 12.5. The molecule has 3 aliphatic heterocycles. The van der Waals surface area contributed by atoms with Crippen molar-refractivity contribution >= 4 is 5.91 Å². The molecule has 1 N–H and O–H groups in total. The number of piperidine rings is 3. The first-order chi connectivity index (χ1) is 10.2. The fourth-order valence-corrected chi connectivity index (χ4v) is 3.87. The van der Waals surface area contributed by atoms with Crippen LogP contribution in [0.4, 0.5) is 4.39 Å². The summed E-state index contributed by atoms with van der Waals surface area (Å²) in [4.78, 5) is 14.6. The molecule has 4 rings (SSSR count). The molecule has 0 saturated carbocycles. The molecule has 3 fully saturated rings. The van der Waals surface area contributed by atoms with Crippen LogP contribution in [-0.4, -0.2) is 36.5 Å². The van der Waals surface area contributed by atoms with Gasteiger partial charge in [-0.2, -0.15) is 0 Å². The monoisotopic (exact) mass is 290 g/mol. The zero-order valence-electron chi connectivity index (χ0n) is 12.5. The Bertz CT molecular complexity index is 519. The van der Waals surface area contributed by atoms with E-state index < -0.39 is 0 Å². The van der Waals surface area contributed by atoms with Crippen molar-refractivity contribution in [1.82, 2.24) is 10.2 Å². The summed E-state index contributed by atoms with van der Waals surface area (Å²) in [5, 5.41) is 2.97. The minimum absolute atomic E-state index is 0.177. The van der Waals surface area contributed by atoms with Crippen LogP contribution in [0.5, 0.6) is 0 Å². The molecule has 2 bridgehead atoms. The van der Waals surface area contributed by atoms with Gasteiger partial charge in [0.05, 0.1) is 0 Å². The maximum Gasteiger partial charge on any atom is 0.251 e. The van der Waals surface area contributed by atoms with Crippen LogP contribution in [-0.2, 0) is 0 Å². The number of nitrogens with zero attached hydrogens (tertiary/aromatic N) is 1. The number of fused-ring (bicyclic) bond motifs is 3. The third-order valence-electron chi connectivity index (χ3n) is 5.12. The molecule has 21 heavy (non-hydrogen) atoms. The van der Waals surface area contributed by atoms with E-state index in [1.54, 1.807) is 12.1 Å². The maximum absolute atomic E-state index is 13.1. The SMILES string of the molecule is CCC1CN2CCC1CC2CNC(=O)c1cccc(F)c1. The van der Waals surface area contributed by atoms with Gasteiger partial charge in [0, 0.05) is 24.7 Å². The second kappa shape index (κ2) is 6.14. The van der Waals surface area contributed by atoms with E-state index >= 15 is 0 Å². The molecule has 1 aromatic rings. The second-order valence-electron chi connectivity index (χ2n) is 6.32. The van der Waals surface area contributed by atoms with Gasteiger partial charge in [0.15, 0.2) is 0 Å². The van der Waals surface area contributed by atoms with E-state index in [2.05, 4.69) is 17.1 Å². The van der Waals surface area contributed by atoms with Gasteiger partial charge in [-0.05, 0) is 49.4 Å². The summed E-state index contributed by atoms with van der Waals surface area (Å²) in [6.07, 6.45) is 3.73. The number of hydrogen-bond donors (Lipinski definition) is 1. The van der Waals surface area contributed by atoms with E-state index in [1.807, 2.05) is 0 Å². The highest BCUT2D eigenvalue weighted by Gasteiger charge is 2.38. The van der Waals surface area contributed by atoms with Crippen molar-refractivity contribution in [3.05, 3.63) is 35.6 Å². The normalized spacial score (nSPS) is 31.1. The first-order valence-electron chi connectivity index (χ1n) is 7.95. The zero-order chi connectivity index (χ0) is 14.8. The standard InChI is InChI=1S/C17H23FN2O/c1-2-12-11-20-7-6-13(12)9-16(20)10-19-17(21)14-4-3-5-15(18)8-14/h3-5,8,12-13,16H,2,6-7,9-11H2,1H3,(H,19,21). The van der Waals surface area contributed by atoms with Crippen molar-refractivity contribution in [3.63, 3.8) is 0 Å². The smallest absolute Gasteiger partial charge is 0.251 e. The number of hydrogen-bond acceptors (Lipinski definition) is 2. The van der Waals surface area contributed by atoms with E-state index in [-0.39, 0.29) is 11.7 Å². The van der Waals surface area contributed by atoms with Gasteiger partial charge in [-0.3, -0.25) is 9.69 Å². The van der Waals surface area contributed by atoms with Gasteiger partial charge in [-0.25, -0.2) is 4.39 Å². The van der Waals surface area contributed by atoms with Crippen molar-refractivity contribution in [2.75, 3.05) is 19.6 Å². The molecule has 4 unspecified atom stereocenters. The Morgan fingerprint density at radius 3 is 3.00 bits per heavy atom. The lowest BCUT2D eigenvalue weighted by atomic mass is 9.74. The third-order valence-corrected chi connectivity index (χ3v) is 5.12. The molecule has 1 amide bonds. The number of rotatable bonds is 4. The molecule has 3 aliphatic rings. The molecule has 0 aromatic heterocycles. The maximum atomic E-state index is 13.1. The third kappa shape index (κ3) is 3.10. The van der Waals surface area contributed by atoms with Crippen LogP contribution < -0.4 is 5.32 Å². The molecule has 4 atom stereocenters. The van der Waals surface area contributed by atoms with E-state index in [4.69, 9.17) is 0 Å². The predicted molar refractivity (Wildman–Crippen MR) is 80.6 cm³/mol. The Hall–Kier alpha value is -1.42. The van der Waals surface area contributed by atoms with Crippen LogP contribution >= 0.6 is 0 Å². The van der Waals surface area contributed by atoms with Crippen LogP contribution in [0.15, 0.2) is 24.3 Å². The number of carbonyl (C=O) groups excluding carboxylic acids is 1. The highest BCUT2D eigenvalue weighted by Crippen LogP contribution is 2.37. The minimum atomic E-state index is -0.367. The number of carbonyl (C=O) groups is 1. The van der Waals surface area contributed by atoms with Gasteiger partial charge in [-0.15, -0.1) is 0 Å². The van der Waals surface area contributed by atoms with Gasteiger partial charge in [0.25, 0.3) is 5.91 Å². The second-order valence-corrected chi connectivity index (χ2v) is 6.32. The topological polar surface area (TPSA) is 32.3 Å². The van der Waals surface area contributed by atoms with Gasteiger partial charge >= 0.3 is 0 Å². The van der Waals surface area contributed by atoms with Crippen molar-refractivity contribution in [2.24, 2.45) is 11.8 Å². The lowest BCUT2D eigenvalue weighted by Gasteiger charge is -2.50. The van der Waals surface area contributed by atoms with Crippen molar-refractivity contribution in [1.29, 1.82) is 0 Å². The Morgan fingerprint density at radius 1 is 1.48 bits per heavy atom. The first-order valence-corrected chi connectivity index (χ1v) is 7.95. The van der Waals surface area contributed by atoms with Gasteiger partial charge in [0.2, 0.25) is 0 Å². The van der Waals surface area contributed by atoms with Crippen molar-refractivity contribution in [3.8, 4) is 0 Å². The predicted octanol–water partition coefficient (Wildman–Crippen LogP) is 2.68. The van der Waals surface area contributed by atoms with Gasteiger partial charge < -0.3 is 5.32 Å². The average Bonchev–Trinajstić information content (AvgIpc) is 2.53. The van der Waals surface area contributed by atoms with Gasteiger partial charge in [0.1, 0.15) is 5.82 Å². The Labute approximate surface area is 125 Å². The van der Waals surface area contributed by atoms with Crippen LogP contribution in [0.25, 0.3) is 0 Å². The fourth-order valence-electron chi connectivity index (χ4n) is 3.87. The average molecular weight is 290 g/mol. The Balaban J connectivity index is 1.55. The molecule has 3 heterocycles. The summed E-state index contributed by atoms with van der Waals surface area (Å²) in [7, 11) is 0. The Morgan fingerprint density at radius 2 is 2.33 bits per heavy atom. The van der Waals surface area contributed by atoms with Crippen LogP contribution in [0.1, 0.15) is 36.5 Å². The summed E-state index contributed by atoms with van der Waals surface area (Å²) in [6, 6.07) is 6.31. The highest BCUT2D eigenvalue weighted by molar-refractivity contribution is 5.94. The van der Waals surface area contributed by atoms with Crippen LogP contribution in [0.2, 0.25) is 0 Å². The van der Waals surface area contributed by atoms with Crippen molar-refractivity contribution < 1.29 is 9.18 Å². The molecule has 4 heteroatoms. The molecule has 3 saturated heterocycles. The highest BCUT2D eigenvalue weighted by atomic mass is 19.1. The molecule has 114 valence electrons. The van der Waals surface area contributed by atoms with Crippen LogP contribution in [0.3, 0.4) is 0 Å². The lowest BCUT2D eigenvalue weighted by molar-refractivity contribution is 0.000725. The van der Waals surface area contributed by atoms with E-state index in [0.29, 0.717) is 18.2 Å². The summed E-state index contributed by atoms with van der Waals surface area (Å²) < 4.78 is 13.1. The summed E-state index contributed by atoms with van der Waals surface area (Å²) in [6.45, 7) is 5.26. The lowest BCUT2D eigenvalue weighted by Crippen LogP contribution is -2.56. The first kappa shape index (κ1) is 14.5. The van der Waals surface area contributed by atoms with E-state index in [0.717, 1.165) is 18.4 Å². The Kier molecular flexibility index (Phi) is 4.24. The molecular formula is C17H23FN2O. The number of amides is 1. The fraction of sp³-hybridized carbons (Fsp3) is 0.588.